The van der Waals surface area contributed by atoms with E-state index in [2.05, 4.69) is 37.0 Å². The number of rotatable bonds is 2. The minimum Gasteiger partial charge on any atom is -0.300 e. The zero-order valence-electron chi connectivity index (χ0n) is 8.66. The Kier molecular flexibility index (Phi) is 2.54. The van der Waals surface area contributed by atoms with Crippen LogP contribution in [-0.2, 0) is 0 Å². The van der Waals surface area contributed by atoms with E-state index < -0.39 is 0 Å². The largest absolute Gasteiger partial charge is 0.300 e. The molecule has 0 aromatic rings. The third-order valence-corrected chi connectivity index (χ3v) is 3.14. The minimum absolute atomic E-state index is 0.726. The van der Waals surface area contributed by atoms with Gasteiger partial charge in [0.15, 0.2) is 0 Å². The van der Waals surface area contributed by atoms with Crippen molar-refractivity contribution in [3.05, 3.63) is 23.8 Å². The van der Waals surface area contributed by atoms with E-state index in [1.807, 2.05) is 0 Å². The first-order chi connectivity index (χ1) is 6.27. The van der Waals surface area contributed by atoms with Crippen LogP contribution in [0, 0.1) is 5.92 Å². The fraction of sp³-hybridized carbons (Fsp3) is 0.667. The van der Waals surface area contributed by atoms with Crippen molar-refractivity contribution in [1.82, 2.24) is 4.90 Å². The maximum absolute atomic E-state index is 2.54. The number of hydrogen-bond acceptors (Lipinski definition) is 1. The summed E-state index contributed by atoms with van der Waals surface area (Å²) >= 11 is 0. The maximum atomic E-state index is 2.54. The van der Waals surface area contributed by atoms with Crippen molar-refractivity contribution in [2.45, 2.75) is 32.7 Å². The van der Waals surface area contributed by atoms with Gasteiger partial charge in [0, 0.05) is 25.0 Å². The molecule has 1 aliphatic heterocycles. The molecule has 0 spiro atoms. The average Bonchev–Trinajstić information content (AvgIpc) is 2.02. The SMILES string of the molecule is CC(C)N1CC(C2=CCCC=C2)C1. The third-order valence-electron chi connectivity index (χ3n) is 3.14. The first-order valence-electron chi connectivity index (χ1n) is 5.38. The van der Waals surface area contributed by atoms with Crippen molar-refractivity contribution >= 4 is 0 Å². The fourth-order valence-corrected chi connectivity index (χ4v) is 2.08. The quantitative estimate of drug-likeness (QED) is 0.626. The Morgan fingerprint density at radius 1 is 1.31 bits per heavy atom. The van der Waals surface area contributed by atoms with E-state index in [0.29, 0.717) is 0 Å². The van der Waals surface area contributed by atoms with Crippen LogP contribution in [-0.4, -0.2) is 24.0 Å². The highest BCUT2D eigenvalue weighted by Crippen LogP contribution is 2.28. The van der Waals surface area contributed by atoms with Gasteiger partial charge in [-0.15, -0.1) is 0 Å². The predicted molar refractivity (Wildman–Crippen MR) is 56.7 cm³/mol. The average molecular weight is 177 g/mol. The molecule has 72 valence electrons. The molecule has 1 heteroatoms. The molecule has 0 unspecified atom stereocenters. The Morgan fingerprint density at radius 3 is 2.62 bits per heavy atom. The van der Waals surface area contributed by atoms with Crippen LogP contribution in [0.2, 0.25) is 0 Å². The monoisotopic (exact) mass is 177 g/mol. The van der Waals surface area contributed by atoms with Crippen molar-refractivity contribution in [3.63, 3.8) is 0 Å². The topological polar surface area (TPSA) is 3.24 Å². The zero-order chi connectivity index (χ0) is 9.26. The summed E-state index contributed by atoms with van der Waals surface area (Å²) in [5, 5.41) is 0. The highest BCUT2D eigenvalue weighted by atomic mass is 15.2. The van der Waals surface area contributed by atoms with Gasteiger partial charge in [-0.1, -0.05) is 18.2 Å². The van der Waals surface area contributed by atoms with E-state index >= 15 is 0 Å². The lowest BCUT2D eigenvalue weighted by atomic mass is 9.87. The van der Waals surface area contributed by atoms with Crippen LogP contribution < -0.4 is 0 Å². The van der Waals surface area contributed by atoms with Crippen molar-refractivity contribution < 1.29 is 0 Å². The Balaban J connectivity index is 1.86. The van der Waals surface area contributed by atoms with Crippen LogP contribution in [0.3, 0.4) is 0 Å². The van der Waals surface area contributed by atoms with Gasteiger partial charge in [0.1, 0.15) is 0 Å². The fourth-order valence-electron chi connectivity index (χ4n) is 2.08. The maximum Gasteiger partial charge on any atom is 0.00905 e. The summed E-state index contributed by atoms with van der Waals surface area (Å²) in [5.74, 6) is 0.832. The lowest BCUT2D eigenvalue weighted by molar-refractivity contribution is 0.0895. The number of likely N-dealkylation sites (tertiary alicyclic amines) is 1. The van der Waals surface area contributed by atoms with Gasteiger partial charge in [-0.3, -0.25) is 4.90 Å². The summed E-state index contributed by atoms with van der Waals surface area (Å²) in [6.07, 6.45) is 9.55. The second kappa shape index (κ2) is 3.67. The van der Waals surface area contributed by atoms with Gasteiger partial charge in [0.25, 0.3) is 0 Å². The number of allylic oxidation sites excluding steroid dienone is 3. The van der Waals surface area contributed by atoms with Crippen LogP contribution in [0.4, 0.5) is 0 Å². The number of hydrogen-bond donors (Lipinski definition) is 0. The van der Waals surface area contributed by atoms with Gasteiger partial charge in [0.2, 0.25) is 0 Å². The van der Waals surface area contributed by atoms with Gasteiger partial charge in [-0.25, -0.2) is 0 Å². The van der Waals surface area contributed by atoms with E-state index in [1.165, 1.54) is 25.9 Å². The summed E-state index contributed by atoms with van der Waals surface area (Å²) < 4.78 is 0. The third kappa shape index (κ3) is 1.86. The van der Waals surface area contributed by atoms with Crippen LogP contribution in [0.1, 0.15) is 26.7 Å². The molecule has 1 heterocycles. The van der Waals surface area contributed by atoms with Gasteiger partial charge < -0.3 is 0 Å². The molecule has 0 atom stereocenters. The smallest absolute Gasteiger partial charge is 0.00905 e. The van der Waals surface area contributed by atoms with Gasteiger partial charge in [-0.05, 0) is 32.3 Å². The van der Waals surface area contributed by atoms with E-state index in [0.717, 1.165) is 12.0 Å². The molecule has 0 aromatic heterocycles. The van der Waals surface area contributed by atoms with Gasteiger partial charge in [0.05, 0.1) is 0 Å². The van der Waals surface area contributed by atoms with Gasteiger partial charge >= 0.3 is 0 Å². The van der Waals surface area contributed by atoms with Crippen LogP contribution in [0.15, 0.2) is 23.8 Å². The summed E-state index contributed by atoms with van der Waals surface area (Å²) in [6.45, 7) is 7.10. The Hall–Kier alpha value is -0.560. The highest BCUT2D eigenvalue weighted by Gasteiger charge is 2.30. The normalized spacial score (nSPS) is 24.7. The molecule has 0 amide bonds. The summed E-state index contributed by atoms with van der Waals surface area (Å²) in [5.41, 5.74) is 1.59. The van der Waals surface area contributed by atoms with Crippen LogP contribution in [0.25, 0.3) is 0 Å². The first kappa shape index (κ1) is 9.01. The molecule has 13 heavy (non-hydrogen) atoms. The first-order valence-corrected chi connectivity index (χ1v) is 5.38. The molecule has 0 radical (unpaired) electrons. The van der Waals surface area contributed by atoms with E-state index in [-0.39, 0.29) is 0 Å². The zero-order valence-corrected chi connectivity index (χ0v) is 8.66. The van der Waals surface area contributed by atoms with Crippen LogP contribution in [0.5, 0.6) is 0 Å². The second-order valence-electron chi connectivity index (χ2n) is 4.43. The Morgan fingerprint density at radius 2 is 2.08 bits per heavy atom. The van der Waals surface area contributed by atoms with Crippen molar-refractivity contribution in [2.75, 3.05) is 13.1 Å². The molecule has 2 rings (SSSR count). The van der Waals surface area contributed by atoms with Crippen molar-refractivity contribution in [3.8, 4) is 0 Å². The Labute approximate surface area is 81.1 Å². The summed E-state index contributed by atoms with van der Waals surface area (Å²) in [4.78, 5) is 2.54. The lowest BCUT2D eigenvalue weighted by Crippen LogP contribution is -2.50. The van der Waals surface area contributed by atoms with E-state index in [9.17, 15) is 0 Å². The molecule has 1 saturated heterocycles. The van der Waals surface area contributed by atoms with Crippen molar-refractivity contribution in [2.24, 2.45) is 5.92 Å². The summed E-state index contributed by atoms with van der Waals surface area (Å²) in [6, 6.07) is 0.726. The predicted octanol–water partition coefficient (Wildman–Crippen LogP) is 2.60. The molecule has 1 fully saturated rings. The molecular weight excluding hydrogens is 158 g/mol. The van der Waals surface area contributed by atoms with E-state index in [4.69, 9.17) is 0 Å². The summed E-state index contributed by atoms with van der Waals surface area (Å²) in [7, 11) is 0. The molecule has 0 bridgehead atoms. The van der Waals surface area contributed by atoms with Crippen molar-refractivity contribution in [1.29, 1.82) is 0 Å². The number of nitrogens with zero attached hydrogens (tertiary/aromatic N) is 1. The highest BCUT2D eigenvalue weighted by molar-refractivity contribution is 5.27. The molecule has 1 nitrogen and oxygen atoms in total. The second-order valence-corrected chi connectivity index (χ2v) is 4.43. The molecule has 0 aromatic carbocycles. The molecular formula is C12H19N. The molecule has 2 aliphatic rings. The molecule has 1 aliphatic carbocycles. The Bertz CT molecular complexity index is 232. The lowest BCUT2D eigenvalue weighted by Gasteiger charge is -2.43. The van der Waals surface area contributed by atoms with Gasteiger partial charge in [-0.2, -0.15) is 0 Å². The standard InChI is InChI=1S/C12H19N/c1-10(2)13-8-12(9-13)11-6-4-3-5-7-11/h4,6-7,10,12H,3,5,8-9H2,1-2H3. The molecule has 0 saturated carbocycles. The van der Waals surface area contributed by atoms with Crippen LogP contribution >= 0.6 is 0 Å². The van der Waals surface area contributed by atoms with E-state index in [1.54, 1.807) is 5.57 Å². The minimum atomic E-state index is 0.726. The molecule has 0 N–H and O–H groups in total.